The topological polar surface area (TPSA) is 110 Å². The van der Waals surface area contributed by atoms with Crippen LogP contribution in [0.3, 0.4) is 0 Å². The van der Waals surface area contributed by atoms with Crippen molar-refractivity contribution >= 4 is 27.3 Å². The number of nitrogens with zero attached hydrogens (tertiary/aromatic N) is 2. The van der Waals surface area contributed by atoms with Gasteiger partial charge < -0.3 is 5.32 Å². The highest BCUT2D eigenvalue weighted by Gasteiger charge is 2.29. The number of amides is 1. The van der Waals surface area contributed by atoms with Gasteiger partial charge in [-0.25, -0.2) is 8.42 Å². The second kappa shape index (κ2) is 8.63. The zero-order valence-corrected chi connectivity index (χ0v) is 15.8. The van der Waals surface area contributed by atoms with E-state index >= 15 is 0 Å². The van der Waals surface area contributed by atoms with Gasteiger partial charge in [0.15, 0.2) is 0 Å². The summed E-state index contributed by atoms with van der Waals surface area (Å²) in [6.07, 6.45) is 1.56. The number of carbonyl (C=O) groups is 1. The van der Waals surface area contributed by atoms with Crippen LogP contribution in [0.4, 0.5) is 11.4 Å². The summed E-state index contributed by atoms with van der Waals surface area (Å²) in [7, 11) is -3.83. The molecule has 2 aromatic carbocycles. The summed E-state index contributed by atoms with van der Waals surface area (Å²) >= 11 is 0. The Morgan fingerprint density at radius 3 is 2.44 bits per heavy atom. The number of anilines is 1. The van der Waals surface area contributed by atoms with Gasteiger partial charge in [0, 0.05) is 18.7 Å². The molecule has 0 saturated carbocycles. The van der Waals surface area contributed by atoms with Gasteiger partial charge >= 0.3 is 0 Å². The van der Waals surface area contributed by atoms with E-state index in [0.717, 1.165) is 22.2 Å². The Morgan fingerprint density at radius 2 is 1.85 bits per heavy atom. The van der Waals surface area contributed by atoms with Crippen LogP contribution < -0.4 is 9.62 Å². The van der Waals surface area contributed by atoms with E-state index in [2.05, 4.69) is 5.32 Å². The fraction of sp³-hybridized carbons (Fsp3) is 0.278. The highest BCUT2D eigenvalue weighted by Crippen LogP contribution is 2.25. The third kappa shape index (κ3) is 5.52. The molecule has 0 spiro atoms. The maximum absolute atomic E-state index is 12.5. The molecule has 0 fully saturated rings. The predicted octanol–water partition coefficient (Wildman–Crippen LogP) is 2.11. The van der Waals surface area contributed by atoms with E-state index < -0.39 is 26.9 Å². The van der Waals surface area contributed by atoms with E-state index in [1.54, 1.807) is 0 Å². The van der Waals surface area contributed by atoms with Crippen molar-refractivity contribution in [3.8, 4) is 0 Å². The monoisotopic (exact) mass is 391 g/mol. The molecule has 1 amide bonds. The summed E-state index contributed by atoms with van der Waals surface area (Å²) in [5, 5.41) is 13.7. The van der Waals surface area contributed by atoms with E-state index in [9.17, 15) is 23.3 Å². The van der Waals surface area contributed by atoms with Gasteiger partial charge in [0.2, 0.25) is 15.9 Å². The number of benzene rings is 2. The van der Waals surface area contributed by atoms with E-state index in [0.29, 0.717) is 13.0 Å². The molecule has 0 aliphatic carbocycles. The molecule has 9 heteroatoms. The largest absolute Gasteiger partial charge is 0.354 e. The summed E-state index contributed by atoms with van der Waals surface area (Å²) in [6.45, 7) is 1.79. The Hall–Kier alpha value is -2.94. The fourth-order valence-corrected chi connectivity index (χ4v) is 3.84. The molecule has 144 valence electrons. The molecule has 8 nitrogen and oxygen atoms in total. The van der Waals surface area contributed by atoms with Crippen molar-refractivity contribution < 1.29 is 18.1 Å². The molecule has 0 heterocycles. The van der Waals surface area contributed by atoms with Crippen molar-refractivity contribution in [2.45, 2.75) is 19.4 Å². The van der Waals surface area contributed by atoms with Crippen LogP contribution in [0.1, 0.15) is 12.5 Å². The molecule has 1 N–H and O–H groups in total. The zero-order valence-electron chi connectivity index (χ0n) is 15.0. The fourth-order valence-electron chi connectivity index (χ4n) is 2.67. The molecule has 27 heavy (non-hydrogen) atoms. The van der Waals surface area contributed by atoms with Crippen molar-refractivity contribution in [1.29, 1.82) is 0 Å². The first-order valence-corrected chi connectivity index (χ1v) is 10.1. The number of rotatable bonds is 8. The maximum Gasteiger partial charge on any atom is 0.271 e. The lowest BCUT2D eigenvalue weighted by Crippen LogP contribution is -2.48. The Bertz CT molecular complexity index is 916. The summed E-state index contributed by atoms with van der Waals surface area (Å²) < 4.78 is 25.3. The second-order valence-electron chi connectivity index (χ2n) is 6.04. The van der Waals surface area contributed by atoms with Crippen LogP contribution in [0.25, 0.3) is 0 Å². The smallest absolute Gasteiger partial charge is 0.271 e. The van der Waals surface area contributed by atoms with Crippen LogP contribution in [-0.2, 0) is 21.2 Å². The Balaban J connectivity index is 2.15. The molecular formula is C18H21N3O5S. The number of sulfonamides is 1. The summed E-state index contributed by atoms with van der Waals surface area (Å²) in [6, 6.07) is 13.7. The van der Waals surface area contributed by atoms with Gasteiger partial charge in [-0.3, -0.25) is 19.2 Å². The molecule has 0 saturated heterocycles. The number of hydrogen-bond donors (Lipinski definition) is 1. The van der Waals surface area contributed by atoms with Gasteiger partial charge in [0.05, 0.1) is 16.9 Å². The predicted molar refractivity (Wildman–Crippen MR) is 103 cm³/mol. The summed E-state index contributed by atoms with van der Waals surface area (Å²) in [5.74, 6) is -0.483. The molecule has 2 rings (SSSR count). The molecule has 2 aromatic rings. The molecule has 0 radical (unpaired) electrons. The molecule has 0 aromatic heterocycles. The van der Waals surface area contributed by atoms with Gasteiger partial charge in [0.1, 0.15) is 6.04 Å². The molecule has 1 unspecified atom stereocenters. The van der Waals surface area contributed by atoms with E-state index in [1.165, 1.54) is 25.1 Å². The number of non-ortho nitro benzene ring substituents is 1. The molecular weight excluding hydrogens is 370 g/mol. The first kappa shape index (κ1) is 20.4. The van der Waals surface area contributed by atoms with Gasteiger partial charge in [0.25, 0.3) is 5.69 Å². The minimum Gasteiger partial charge on any atom is -0.354 e. The summed E-state index contributed by atoms with van der Waals surface area (Å²) in [4.78, 5) is 22.8. The Labute approximate surface area is 158 Å². The number of nitrogens with one attached hydrogen (secondary N) is 1. The van der Waals surface area contributed by atoms with Gasteiger partial charge in [-0.15, -0.1) is 0 Å². The molecule has 1 atom stereocenters. The normalized spacial score (nSPS) is 12.2. The number of carbonyl (C=O) groups excluding carboxylic acids is 1. The van der Waals surface area contributed by atoms with Crippen LogP contribution in [0.15, 0.2) is 54.6 Å². The van der Waals surface area contributed by atoms with Gasteiger partial charge in [-0.1, -0.05) is 36.4 Å². The standard InChI is InChI=1S/C18H21N3O5S/c1-14(18(22)19-12-11-15-7-4-3-5-8-15)20(27(2,25)26)16-9-6-10-17(13-16)21(23)24/h3-10,13-14H,11-12H2,1-2H3,(H,19,22). The van der Waals surface area contributed by atoms with Crippen LogP contribution in [-0.4, -0.2) is 38.1 Å². The highest BCUT2D eigenvalue weighted by atomic mass is 32.2. The number of nitro benzene ring substituents is 1. The van der Waals surface area contributed by atoms with Gasteiger partial charge in [-0.05, 0) is 25.0 Å². The second-order valence-corrected chi connectivity index (χ2v) is 7.90. The van der Waals surface area contributed by atoms with E-state index in [4.69, 9.17) is 0 Å². The van der Waals surface area contributed by atoms with Crippen molar-refractivity contribution in [2.75, 3.05) is 17.1 Å². The van der Waals surface area contributed by atoms with Crippen LogP contribution in [0, 0.1) is 10.1 Å². The average Bonchev–Trinajstić information content (AvgIpc) is 2.61. The van der Waals surface area contributed by atoms with Crippen LogP contribution in [0.5, 0.6) is 0 Å². The summed E-state index contributed by atoms with van der Waals surface area (Å²) in [5.41, 5.74) is 0.861. The third-order valence-electron chi connectivity index (χ3n) is 3.94. The molecule has 0 aliphatic heterocycles. The minimum atomic E-state index is -3.83. The zero-order chi connectivity index (χ0) is 20.0. The van der Waals surface area contributed by atoms with E-state index in [1.807, 2.05) is 30.3 Å². The van der Waals surface area contributed by atoms with Crippen molar-refractivity contribution in [3.63, 3.8) is 0 Å². The maximum atomic E-state index is 12.5. The third-order valence-corrected chi connectivity index (χ3v) is 5.18. The first-order chi connectivity index (χ1) is 12.7. The number of hydrogen-bond acceptors (Lipinski definition) is 5. The molecule has 0 bridgehead atoms. The lowest BCUT2D eigenvalue weighted by atomic mass is 10.1. The highest BCUT2D eigenvalue weighted by molar-refractivity contribution is 7.92. The van der Waals surface area contributed by atoms with Crippen molar-refractivity contribution in [3.05, 3.63) is 70.3 Å². The van der Waals surface area contributed by atoms with Gasteiger partial charge in [-0.2, -0.15) is 0 Å². The first-order valence-electron chi connectivity index (χ1n) is 8.25. The van der Waals surface area contributed by atoms with Crippen LogP contribution >= 0.6 is 0 Å². The minimum absolute atomic E-state index is 0.0670. The van der Waals surface area contributed by atoms with Crippen LogP contribution in [0.2, 0.25) is 0 Å². The SMILES string of the molecule is CC(C(=O)NCCc1ccccc1)N(c1cccc([N+](=O)[O-])c1)S(C)(=O)=O. The molecule has 0 aliphatic rings. The lowest BCUT2D eigenvalue weighted by Gasteiger charge is -2.28. The van der Waals surface area contributed by atoms with E-state index in [-0.39, 0.29) is 11.4 Å². The quantitative estimate of drug-likeness (QED) is 0.547. The average molecular weight is 391 g/mol. The Morgan fingerprint density at radius 1 is 1.19 bits per heavy atom. The Kier molecular flexibility index (Phi) is 6.51. The van der Waals surface area contributed by atoms with Crippen molar-refractivity contribution in [1.82, 2.24) is 5.32 Å². The lowest BCUT2D eigenvalue weighted by molar-refractivity contribution is -0.384. The number of nitro groups is 1. The van der Waals surface area contributed by atoms with Crippen molar-refractivity contribution in [2.24, 2.45) is 0 Å².